The molecule has 0 aliphatic rings. The van der Waals surface area contributed by atoms with Crippen LogP contribution in [-0.4, -0.2) is 17.0 Å². The summed E-state index contributed by atoms with van der Waals surface area (Å²) in [7, 11) is 1.87. The molecule has 3 N–H and O–H groups in total. The van der Waals surface area contributed by atoms with Crippen LogP contribution in [0, 0.1) is 6.92 Å². The zero-order valence-electron chi connectivity index (χ0n) is 6.76. The SMILES string of the molecule is CNCc1cc(C)nc(N)n1. The number of anilines is 1. The van der Waals surface area contributed by atoms with Gasteiger partial charge >= 0.3 is 0 Å². The average molecular weight is 152 g/mol. The van der Waals surface area contributed by atoms with E-state index in [-0.39, 0.29) is 0 Å². The lowest BCUT2D eigenvalue weighted by atomic mass is 10.3. The van der Waals surface area contributed by atoms with Gasteiger partial charge in [-0.1, -0.05) is 0 Å². The fourth-order valence-electron chi connectivity index (χ4n) is 0.930. The molecule has 1 aromatic heterocycles. The molecule has 60 valence electrons. The molecule has 4 nitrogen and oxygen atoms in total. The standard InChI is InChI=1S/C7H12N4/c1-5-3-6(4-9-2)11-7(8)10-5/h3,9H,4H2,1-2H3,(H2,8,10,11). The summed E-state index contributed by atoms with van der Waals surface area (Å²) < 4.78 is 0. The lowest BCUT2D eigenvalue weighted by Gasteiger charge is -2.00. The quantitative estimate of drug-likeness (QED) is 0.630. The van der Waals surface area contributed by atoms with E-state index in [0.29, 0.717) is 5.95 Å². The van der Waals surface area contributed by atoms with Crippen molar-refractivity contribution < 1.29 is 0 Å². The average Bonchev–Trinajstić information content (AvgIpc) is 1.85. The second-order valence-electron chi connectivity index (χ2n) is 2.39. The molecule has 0 aliphatic carbocycles. The van der Waals surface area contributed by atoms with Crippen molar-refractivity contribution in [2.75, 3.05) is 12.8 Å². The van der Waals surface area contributed by atoms with E-state index in [9.17, 15) is 0 Å². The monoisotopic (exact) mass is 152 g/mol. The maximum atomic E-state index is 5.44. The van der Waals surface area contributed by atoms with Gasteiger partial charge in [0.05, 0.1) is 5.69 Å². The van der Waals surface area contributed by atoms with Crippen molar-refractivity contribution in [1.29, 1.82) is 0 Å². The predicted molar refractivity (Wildman–Crippen MR) is 43.9 cm³/mol. The van der Waals surface area contributed by atoms with E-state index in [1.807, 2.05) is 20.0 Å². The van der Waals surface area contributed by atoms with Crippen molar-refractivity contribution >= 4 is 5.95 Å². The van der Waals surface area contributed by atoms with E-state index in [0.717, 1.165) is 17.9 Å². The molecule has 0 unspecified atom stereocenters. The van der Waals surface area contributed by atoms with Crippen LogP contribution in [0.1, 0.15) is 11.4 Å². The second kappa shape index (κ2) is 3.30. The molecule has 0 bridgehead atoms. The minimum Gasteiger partial charge on any atom is -0.368 e. The van der Waals surface area contributed by atoms with Gasteiger partial charge in [-0.15, -0.1) is 0 Å². The Balaban J connectivity index is 2.89. The van der Waals surface area contributed by atoms with Gasteiger partial charge in [-0.2, -0.15) is 0 Å². The number of nitrogens with zero attached hydrogens (tertiary/aromatic N) is 2. The number of nitrogens with two attached hydrogens (primary N) is 1. The second-order valence-corrected chi connectivity index (χ2v) is 2.39. The Labute approximate surface area is 65.9 Å². The smallest absolute Gasteiger partial charge is 0.220 e. The number of nitrogens with one attached hydrogen (secondary N) is 1. The Morgan fingerprint density at radius 3 is 2.82 bits per heavy atom. The van der Waals surface area contributed by atoms with E-state index in [4.69, 9.17) is 5.73 Å². The van der Waals surface area contributed by atoms with Crippen LogP contribution in [0.15, 0.2) is 6.07 Å². The molecular formula is C7H12N4. The van der Waals surface area contributed by atoms with Gasteiger partial charge in [0.1, 0.15) is 0 Å². The normalized spacial score (nSPS) is 10.0. The van der Waals surface area contributed by atoms with Crippen LogP contribution in [0.5, 0.6) is 0 Å². The summed E-state index contributed by atoms with van der Waals surface area (Å²) in [6.07, 6.45) is 0. The van der Waals surface area contributed by atoms with Gasteiger partial charge in [0.15, 0.2) is 0 Å². The molecule has 0 saturated heterocycles. The molecule has 11 heavy (non-hydrogen) atoms. The third kappa shape index (κ3) is 2.16. The maximum Gasteiger partial charge on any atom is 0.220 e. The fraction of sp³-hybridized carbons (Fsp3) is 0.429. The van der Waals surface area contributed by atoms with Crippen molar-refractivity contribution in [3.63, 3.8) is 0 Å². The Morgan fingerprint density at radius 2 is 2.27 bits per heavy atom. The number of aromatic nitrogens is 2. The van der Waals surface area contributed by atoms with Gasteiger partial charge in [-0.05, 0) is 20.0 Å². The van der Waals surface area contributed by atoms with Crippen LogP contribution in [0.2, 0.25) is 0 Å². The summed E-state index contributed by atoms with van der Waals surface area (Å²) >= 11 is 0. The van der Waals surface area contributed by atoms with Gasteiger partial charge in [0.25, 0.3) is 0 Å². The molecule has 0 amide bonds. The van der Waals surface area contributed by atoms with Crippen LogP contribution in [0.25, 0.3) is 0 Å². The zero-order valence-corrected chi connectivity index (χ0v) is 6.76. The third-order valence-corrected chi connectivity index (χ3v) is 1.28. The van der Waals surface area contributed by atoms with E-state index < -0.39 is 0 Å². The van der Waals surface area contributed by atoms with E-state index in [2.05, 4.69) is 15.3 Å². The maximum absolute atomic E-state index is 5.44. The van der Waals surface area contributed by atoms with Crippen LogP contribution in [-0.2, 0) is 6.54 Å². The summed E-state index contributed by atoms with van der Waals surface area (Å²) in [6, 6.07) is 1.91. The summed E-state index contributed by atoms with van der Waals surface area (Å²) in [5.74, 6) is 0.343. The van der Waals surface area contributed by atoms with Crippen LogP contribution in [0.3, 0.4) is 0 Å². The van der Waals surface area contributed by atoms with E-state index >= 15 is 0 Å². The molecule has 0 aliphatic heterocycles. The molecule has 0 fully saturated rings. The van der Waals surface area contributed by atoms with Crippen molar-refractivity contribution in [3.05, 3.63) is 17.5 Å². The summed E-state index contributed by atoms with van der Waals surface area (Å²) in [5.41, 5.74) is 7.27. The molecular weight excluding hydrogens is 140 g/mol. The lowest BCUT2D eigenvalue weighted by molar-refractivity contribution is 0.786. The molecule has 0 saturated carbocycles. The summed E-state index contributed by atoms with van der Waals surface area (Å²) in [4.78, 5) is 7.98. The summed E-state index contributed by atoms with van der Waals surface area (Å²) in [5, 5.41) is 2.99. The molecule has 0 atom stereocenters. The highest BCUT2D eigenvalue weighted by molar-refractivity contribution is 5.21. The van der Waals surface area contributed by atoms with E-state index in [1.165, 1.54) is 0 Å². The largest absolute Gasteiger partial charge is 0.368 e. The van der Waals surface area contributed by atoms with Gasteiger partial charge in [-0.25, -0.2) is 9.97 Å². The highest BCUT2D eigenvalue weighted by atomic mass is 15.0. The minimum atomic E-state index is 0.343. The number of nitrogen functional groups attached to an aromatic ring is 1. The Hall–Kier alpha value is -1.16. The first-order chi connectivity index (χ1) is 5.22. The molecule has 0 spiro atoms. The lowest BCUT2D eigenvalue weighted by Crippen LogP contribution is -2.09. The summed E-state index contributed by atoms with van der Waals surface area (Å²) in [6.45, 7) is 2.63. The molecule has 1 aromatic rings. The Bertz CT molecular complexity index is 226. The molecule has 0 radical (unpaired) electrons. The first-order valence-corrected chi connectivity index (χ1v) is 3.47. The van der Waals surface area contributed by atoms with E-state index in [1.54, 1.807) is 0 Å². The molecule has 1 rings (SSSR count). The zero-order chi connectivity index (χ0) is 8.27. The molecule has 0 aromatic carbocycles. The van der Waals surface area contributed by atoms with Gasteiger partial charge < -0.3 is 11.1 Å². The fourth-order valence-corrected chi connectivity index (χ4v) is 0.930. The van der Waals surface area contributed by atoms with Gasteiger partial charge in [-0.3, -0.25) is 0 Å². The number of aryl methyl sites for hydroxylation is 1. The van der Waals surface area contributed by atoms with Gasteiger partial charge in [0, 0.05) is 12.2 Å². The molecule has 1 heterocycles. The van der Waals surface area contributed by atoms with Crippen LogP contribution < -0.4 is 11.1 Å². The first-order valence-electron chi connectivity index (χ1n) is 3.47. The highest BCUT2D eigenvalue weighted by Crippen LogP contribution is 2.00. The van der Waals surface area contributed by atoms with Crippen molar-refractivity contribution in [2.45, 2.75) is 13.5 Å². The number of hydrogen-bond donors (Lipinski definition) is 2. The number of hydrogen-bond acceptors (Lipinski definition) is 4. The first kappa shape index (κ1) is 7.94. The number of rotatable bonds is 2. The Morgan fingerprint density at radius 1 is 1.55 bits per heavy atom. The topological polar surface area (TPSA) is 63.8 Å². The van der Waals surface area contributed by atoms with Crippen LogP contribution >= 0.6 is 0 Å². The van der Waals surface area contributed by atoms with Crippen molar-refractivity contribution in [3.8, 4) is 0 Å². The molecule has 4 heteroatoms. The minimum absolute atomic E-state index is 0.343. The predicted octanol–water partition coefficient (Wildman–Crippen LogP) is 0.0866. The highest BCUT2D eigenvalue weighted by Gasteiger charge is 1.96. The Kier molecular flexibility index (Phi) is 2.38. The van der Waals surface area contributed by atoms with Crippen molar-refractivity contribution in [1.82, 2.24) is 15.3 Å². The van der Waals surface area contributed by atoms with Crippen LogP contribution in [0.4, 0.5) is 5.95 Å². The van der Waals surface area contributed by atoms with Crippen molar-refractivity contribution in [2.24, 2.45) is 0 Å². The third-order valence-electron chi connectivity index (χ3n) is 1.28. The van der Waals surface area contributed by atoms with Gasteiger partial charge in [0.2, 0.25) is 5.95 Å².